The first-order valence-electron chi connectivity index (χ1n) is 5.79. The van der Waals surface area contributed by atoms with Gasteiger partial charge in [0.05, 0.1) is 11.3 Å². The van der Waals surface area contributed by atoms with E-state index in [1.807, 2.05) is 12.1 Å². The lowest BCUT2D eigenvalue weighted by Gasteiger charge is -2.13. The van der Waals surface area contributed by atoms with Gasteiger partial charge in [-0.3, -0.25) is 0 Å². The van der Waals surface area contributed by atoms with Gasteiger partial charge in [-0.2, -0.15) is 0 Å². The third-order valence-corrected chi connectivity index (χ3v) is 3.44. The van der Waals surface area contributed by atoms with Crippen molar-refractivity contribution in [1.29, 1.82) is 0 Å². The van der Waals surface area contributed by atoms with Crippen LogP contribution >= 0.6 is 22.6 Å². The first kappa shape index (κ1) is 14.7. The zero-order valence-electron chi connectivity index (χ0n) is 10.4. The van der Waals surface area contributed by atoms with Crippen LogP contribution in [0.1, 0.15) is 15.9 Å². The molecule has 0 atom stereocenters. The van der Waals surface area contributed by atoms with Crippen molar-refractivity contribution in [2.24, 2.45) is 5.73 Å². The van der Waals surface area contributed by atoms with Crippen LogP contribution < -0.4 is 11.1 Å². The van der Waals surface area contributed by atoms with E-state index in [0.717, 1.165) is 21.3 Å². The number of anilines is 2. The number of carboxylic acid groups (broad SMARTS) is 1. The summed E-state index contributed by atoms with van der Waals surface area (Å²) in [5, 5.41) is 12.1. The summed E-state index contributed by atoms with van der Waals surface area (Å²) in [6.45, 7) is 0.302. The maximum absolute atomic E-state index is 13.3. The molecular formula is C14H12FIN2O2. The van der Waals surface area contributed by atoms with Crippen molar-refractivity contribution >= 4 is 39.9 Å². The van der Waals surface area contributed by atoms with E-state index < -0.39 is 11.8 Å². The average Bonchev–Trinajstić information content (AvgIpc) is 2.40. The van der Waals surface area contributed by atoms with Crippen LogP contribution in [0.5, 0.6) is 0 Å². The van der Waals surface area contributed by atoms with Crippen molar-refractivity contribution in [1.82, 2.24) is 0 Å². The molecule has 0 spiro atoms. The molecule has 4 N–H and O–H groups in total. The summed E-state index contributed by atoms with van der Waals surface area (Å²) in [5.74, 6) is -1.62. The Morgan fingerprint density at radius 2 is 2.00 bits per heavy atom. The number of carbonyl (C=O) groups is 1. The first-order chi connectivity index (χ1) is 9.51. The smallest absolute Gasteiger partial charge is 0.337 e. The lowest BCUT2D eigenvalue weighted by atomic mass is 10.1. The first-order valence-corrected chi connectivity index (χ1v) is 6.87. The molecule has 0 radical (unpaired) electrons. The fraction of sp³-hybridized carbons (Fsp3) is 0.0714. The SMILES string of the molecule is NCc1cc(I)ccc1Nc1cc(F)ccc1C(=O)O. The van der Waals surface area contributed by atoms with Crippen molar-refractivity contribution in [2.45, 2.75) is 6.54 Å². The van der Waals surface area contributed by atoms with Crippen molar-refractivity contribution in [3.63, 3.8) is 0 Å². The molecule has 0 aliphatic heterocycles. The Labute approximate surface area is 128 Å². The number of nitrogens with two attached hydrogens (primary N) is 1. The average molecular weight is 386 g/mol. The summed E-state index contributed by atoms with van der Waals surface area (Å²) in [6, 6.07) is 9.05. The van der Waals surface area contributed by atoms with E-state index in [1.54, 1.807) is 6.07 Å². The number of aromatic carboxylic acids is 1. The number of hydrogen-bond acceptors (Lipinski definition) is 3. The molecule has 0 saturated carbocycles. The van der Waals surface area contributed by atoms with Crippen LogP contribution in [0.3, 0.4) is 0 Å². The number of rotatable bonds is 4. The van der Waals surface area contributed by atoms with Crippen LogP contribution in [0, 0.1) is 9.39 Å². The molecule has 2 rings (SSSR count). The van der Waals surface area contributed by atoms with Gasteiger partial charge in [0, 0.05) is 15.8 Å². The molecule has 4 nitrogen and oxygen atoms in total. The highest BCUT2D eigenvalue weighted by molar-refractivity contribution is 14.1. The van der Waals surface area contributed by atoms with E-state index in [1.165, 1.54) is 6.07 Å². The molecule has 104 valence electrons. The lowest BCUT2D eigenvalue weighted by Crippen LogP contribution is -2.06. The van der Waals surface area contributed by atoms with Gasteiger partial charge in [0.15, 0.2) is 0 Å². The summed E-state index contributed by atoms with van der Waals surface area (Å²) >= 11 is 2.16. The van der Waals surface area contributed by atoms with Gasteiger partial charge in [0.2, 0.25) is 0 Å². The fourth-order valence-corrected chi connectivity index (χ4v) is 2.36. The van der Waals surface area contributed by atoms with Crippen LogP contribution in [0.2, 0.25) is 0 Å². The summed E-state index contributed by atoms with van der Waals surface area (Å²) in [6.07, 6.45) is 0. The minimum absolute atomic E-state index is 0.00733. The van der Waals surface area contributed by atoms with Gasteiger partial charge >= 0.3 is 5.97 Å². The fourth-order valence-electron chi connectivity index (χ4n) is 1.80. The van der Waals surface area contributed by atoms with Gasteiger partial charge in [-0.25, -0.2) is 9.18 Å². The lowest BCUT2D eigenvalue weighted by molar-refractivity contribution is 0.0698. The molecule has 2 aromatic rings. The molecule has 20 heavy (non-hydrogen) atoms. The molecule has 0 saturated heterocycles. The van der Waals surface area contributed by atoms with E-state index >= 15 is 0 Å². The van der Waals surface area contributed by atoms with E-state index in [9.17, 15) is 9.18 Å². The number of nitrogens with one attached hydrogen (secondary N) is 1. The zero-order chi connectivity index (χ0) is 14.7. The van der Waals surface area contributed by atoms with Gasteiger partial charge < -0.3 is 16.2 Å². The second-order valence-electron chi connectivity index (χ2n) is 4.13. The van der Waals surface area contributed by atoms with Crippen molar-refractivity contribution < 1.29 is 14.3 Å². The second kappa shape index (κ2) is 6.19. The van der Waals surface area contributed by atoms with Crippen molar-refractivity contribution in [2.75, 3.05) is 5.32 Å². The standard InChI is InChI=1S/C14H12FIN2O2/c15-9-1-3-11(14(19)20)13(6-9)18-12-4-2-10(16)5-8(12)7-17/h1-6,18H,7,17H2,(H,19,20). The zero-order valence-corrected chi connectivity index (χ0v) is 12.5. The van der Waals surface area contributed by atoms with Crippen molar-refractivity contribution in [3.05, 3.63) is 56.9 Å². The quantitative estimate of drug-likeness (QED) is 0.705. The van der Waals surface area contributed by atoms with Crippen LogP contribution in [0.4, 0.5) is 15.8 Å². The Kier molecular flexibility index (Phi) is 4.56. The topological polar surface area (TPSA) is 75.3 Å². The predicted molar refractivity (Wildman–Crippen MR) is 83.7 cm³/mol. The van der Waals surface area contributed by atoms with E-state index in [2.05, 4.69) is 27.9 Å². The molecule has 0 unspecified atom stereocenters. The van der Waals surface area contributed by atoms with Gasteiger partial charge in [-0.1, -0.05) is 0 Å². The van der Waals surface area contributed by atoms with Crippen LogP contribution in [0.15, 0.2) is 36.4 Å². The minimum Gasteiger partial charge on any atom is -0.478 e. The van der Waals surface area contributed by atoms with Crippen LogP contribution in [-0.2, 0) is 6.54 Å². The molecule has 0 amide bonds. The molecular weight excluding hydrogens is 374 g/mol. The summed E-state index contributed by atoms with van der Waals surface area (Å²) in [5.41, 5.74) is 7.38. The van der Waals surface area contributed by atoms with Crippen LogP contribution in [-0.4, -0.2) is 11.1 Å². The number of halogens is 2. The maximum atomic E-state index is 13.3. The van der Waals surface area contributed by atoms with E-state index in [0.29, 0.717) is 12.2 Å². The largest absolute Gasteiger partial charge is 0.478 e. The molecule has 0 bridgehead atoms. The molecule has 0 aromatic heterocycles. The molecule has 2 aromatic carbocycles. The number of hydrogen-bond donors (Lipinski definition) is 3. The Balaban J connectivity index is 2.44. The molecule has 6 heteroatoms. The van der Waals surface area contributed by atoms with Gasteiger partial charge in [0.1, 0.15) is 5.82 Å². The molecule has 0 heterocycles. The monoisotopic (exact) mass is 386 g/mol. The predicted octanol–water partition coefficient (Wildman–Crippen LogP) is 3.33. The minimum atomic E-state index is -1.12. The molecule has 0 fully saturated rings. The third-order valence-electron chi connectivity index (χ3n) is 2.77. The molecule has 0 aliphatic rings. The highest BCUT2D eigenvalue weighted by Gasteiger charge is 2.12. The van der Waals surface area contributed by atoms with Gasteiger partial charge in [-0.15, -0.1) is 0 Å². The molecule has 0 aliphatic carbocycles. The van der Waals surface area contributed by atoms with Gasteiger partial charge in [0.25, 0.3) is 0 Å². The van der Waals surface area contributed by atoms with E-state index in [-0.39, 0.29) is 11.3 Å². The summed E-state index contributed by atoms with van der Waals surface area (Å²) in [4.78, 5) is 11.1. The van der Waals surface area contributed by atoms with Gasteiger partial charge in [-0.05, 0) is 64.6 Å². The summed E-state index contributed by atoms with van der Waals surface area (Å²) < 4.78 is 14.3. The highest BCUT2D eigenvalue weighted by atomic mass is 127. The van der Waals surface area contributed by atoms with Crippen molar-refractivity contribution in [3.8, 4) is 0 Å². The number of carboxylic acids is 1. The Hall–Kier alpha value is -1.67. The van der Waals surface area contributed by atoms with E-state index in [4.69, 9.17) is 10.8 Å². The normalized spacial score (nSPS) is 10.3. The highest BCUT2D eigenvalue weighted by Crippen LogP contribution is 2.26. The third kappa shape index (κ3) is 3.26. The Bertz CT molecular complexity index is 662. The Morgan fingerprint density at radius 1 is 1.25 bits per heavy atom. The maximum Gasteiger partial charge on any atom is 0.337 e. The summed E-state index contributed by atoms with van der Waals surface area (Å²) in [7, 11) is 0. The van der Waals surface area contributed by atoms with Crippen LogP contribution in [0.25, 0.3) is 0 Å². The Morgan fingerprint density at radius 3 is 2.65 bits per heavy atom. The number of benzene rings is 2. The second-order valence-corrected chi connectivity index (χ2v) is 5.37.